The molecule has 9 nitrogen and oxygen atoms in total. The summed E-state index contributed by atoms with van der Waals surface area (Å²) in [5, 5.41) is 9.10. The summed E-state index contributed by atoms with van der Waals surface area (Å²) < 4.78 is 19.8. The van der Waals surface area contributed by atoms with Gasteiger partial charge in [0.05, 0.1) is 12.0 Å². The van der Waals surface area contributed by atoms with Crippen molar-refractivity contribution >= 4 is 58.1 Å². The van der Waals surface area contributed by atoms with Gasteiger partial charge in [0.15, 0.2) is 8.67 Å². The first-order valence-electron chi connectivity index (χ1n) is 15.2. The van der Waals surface area contributed by atoms with Crippen LogP contribution in [0.5, 0.6) is 0 Å². The van der Waals surface area contributed by atoms with E-state index in [2.05, 4.69) is 22.6 Å². The smallest absolute Gasteiger partial charge is 0.316 e. The van der Waals surface area contributed by atoms with Crippen LogP contribution in [0.25, 0.3) is 0 Å². The number of esters is 4. The highest BCUT2D eigenvalue weighted by atomic mass is 127. The second-order valence-corrected chi connectivity index (χ2v) is 15.5. The van der Waals surface area contributed by atoms with Crippen LogP contribution < -0.4 is 0 Å². The highest BCUT2D eigenvalue weighted by Gasteiger charge is 2.30. The van der Waals surface area contributed by atoms with Crippen LogP contribution in [-0.4, -0.2) is 49.5 Å². The van der Waals surface area contributed by atoms with Crippen molar-refractivity contribution < 1.29 is 43.2 Å². The molecule has 44 heavy (non-hydrogen) atoms. The summed E-state index contributed by atoms with van der Waals surface area (Å²) in [4.78, 5) is 44.9. The summed E-state index contributed by atoms with van der Waals surface area (Å²) in [6.45, 7) is 17.0. The molecule has 1 aromatic rings. The van der Waals surface area contributed by atoms with Gasteiger partial charge < -0.3 is 24.1 Å². The van der Waals surface area contributed by atoms with E-state index in [9.17, 15) is 24.3 Å². The van der Waals surface area contributed by atoms with Crippen molar-refractivity contribution in [2.24, 2.45) is 5.92 Å². The highest BCUT2D eigenvalue weighted by Crippen LogP contribution is 2.29. The standard InChI is InChI=1S/C21H30O5.C6H11ClO2.C6H11IO2/c1-5-19(23)25-21(3,4)26-20(24)14(2)16-11-9-15(10-12-16)13-17-7-6-8-18(17)22;2*1-4-5(8)9-6(2,3)7/h9-12,14,17-18,22H,5-8,13H2,1-4H3;2*4H2,1-3H3/t14-,17+,18-;;/m0../s1. The zero-order chi connectivity index (χ0) is 34.3. The van der Waals surface area contributed by atoms with Crippen molar-refractivity contribution in [1.29, 1.82) is 0 Å². The van der Waals surface area contributed by atoms with Crippen LogP contribution in [-0.2, 0) is 44.5 Å². The maximum absolute atomic E-state index is 12.4. The van der Waals surface area contributed by atoms with E-state index in [0.29, 0.717) is 18.8 Å². The van der Waals surface area contributed by atoms with Crippen LogP contribution in [0, 0.1) is 5.92 Å². The molecule has 0 amide bonds. The Hall–Kier alpha value is -1.92. The molecule has 1 aromatic carbocycles. The van der Waals surface area contributed by atoms with Crippen molar-refractivity contribution in [2.45, 2.75) is 141 Å². The maximum Gasteiger partial charge on any atom is 0.316 e. The number of halogens is 2. The third-order valence-corrected chi connectivity index (χ3v) is 6.53. The van der Waals surface area contributed by atoms with Crippen molar-refractivity contribution in [3.05, 3.63) is 35.4 Å². The molecule has 1 N–H and O–H groups in total. The summed E-state index contributed by atoms with van der Waals surface area (Å²) in [6.07, 6.45) is 4.76. The molecule has 3 atom stereocenters. The summed E-state index contributed by atoms with van der Waals surface area (Å²) >= 11 is 7.64. The monoisotopic (exact) mass is 754 g/mol. The molecule has 11 heteroatoms. The molecule has 0 bridgehead atoms. The molecule has 1 aliphatic rings. The molecular weight excluding hydrogens is 703 g/mol. The Morgan fingerprint density at radius 2 is 1.32 bits per heavy atom. The first-order chi connectivity index (χ1) is 20.1. The Morgan fingerprint density at radius 1 is 0.841 bits per heavy atom. The van der Waals surface area contributed by atoms with E-state index in [1.165, 1.54) is 0 Å². The van der Waals surface area contributed by atoms with Crippen LogP contribution in [0.1, 0.15) is 125 Å². The zero-order valence-corrected chi connectivity index (χ0v) is 30.9. The van der Waals surface area contributed by atoms with E-state index in [4.69, 9.17) is 30.5 Å². The molecule has 0 aromatic heterocycles. The van der Waals surface area contributed by atoms with E-state index in [0.717, 1.165) is 36.8 Å². The van der Waals surface area contributed by atoms with Gasteiger partial charge >= 0.3 is 23.9 Å². The lowest BCUT2D eigenvalue weighted by Gasteiger charge is -2.26. The van der Waals surface area contributed by atoms with E-state index < -0.39 is 28.7 Å². The third kappa shape index (κ3) is 19.5. The Balaban J connectivity index is 0.000000842. The average molecular weight is 755 g/mol. The third-order valence-electron chi connectivity index (χ3n) is 6.24. The molecule has 0 radical (unpaired) electrons. The number of carbonyl (C=O) groups is 4. The van der Waals surface area contributed by atoms with Crippen LogP contribution in [0.3, 0.4) is 0 Å². The van der Waals surface area contributed by atoms with Gasteiger partial charge in [-0.25, -0.2) is 0 Å². The molecular formula is C33H52ClIO9. The lowest BCUT2D eigenvalue weighted by Crippen LogP contribution is -2.35. The summed E-state index contributed by atoms with van der Waals surface area (Å²) in [7, 11) is 0. The number of hydrogen-bond donors (Lipinski definition) is 1. The molecule has 0 heterocycles. The van der Waals surface area contributed by atoms with Crippen LogP contribution in [0.15, 0.2) is 24.3 Å². The number of alkyl halides is 2. The lowest BCUT2D eigenvalue weighted by atomic mass is 9.93. The molecule has 0 saturated heterocycles. The summed E-state index contributed by atoms with van der Waals surface area (Å²) in [6, 6.07) is 7.86. The molecule has 252 valence electrons. The first kappa shape index (κ1) is 42.1. The number of carbonyl (C=O) groups excluding carboxylic acids is 4. The first-order valence-corrected chi connectivity index (χ1v) is 16.6. The minimum absolute atomic E-state index is 0.144. The van der Waals surface area contributed by atoms with Crippen molar-refractivity contribution in [3.8, 4) is 0 Å². The normalized spacial score (nSPS) is 17.1. The predicted octanol–water partition coefficient (Wildman–Crippen LogP) is 7.75. The van der Waals surface area contributed by atoms with E-state index in [-0.39, 0.29) is 28.1 Å². The maximum atomic E-state index is 12.4. The molecule has 0 spiro atoms. The van der Waals surface area contributed by atoms with Gasteiger partial charge in [-0.2, -0.15) is 0 Å². The fourth-order valence-electron chi connectivity index (χ4n) is 4.02. The number of benzene rings is 1. The molecule has 1 fully saturated rings. The number of hydrogen-bond acceptors (Lipinski definition) is 9. The quantitative estimate of drug-likeness (QED) is 0.0794. The number of aliphatic hydroxyl groups excluding tert-OH is 1. The van der Waals surface area contributed by atoms with Crippen LogP contribution in [0.4, 0.5) is 0 Å². The number of aliphatic hydroxyl groups is 1. The van der Waals surface area contributed by atoms with Gasteiger partial charge in [-0.05, 0) is 93.5 Å². The molecule has 0 unspecified atom stereocenters. The zero-order valence-electron chi connectivity index (χ0n) is 28.0. The largest absolute Gasteiger partial charge is 0.449 e. The fourth-order valence-corrected chi connectivity index (χ4v) is 4.35. The van der Waals surface area contributed by atoms with Gasteiger partial charge in [0.2, 0.25) is 0 Å². The van der Waals surface area contributed by atoms with Crippen LogP contribution in [0.2, 0.25) is 0 Å². The van der Waals surface area contributed by atoms with Crippen LogP contribution >= 0.6 is 34.2 Å². The minimum Gasteiger partial charge on any atom is -0.449 e. The van der Waals surface area contributed by atoms with Gasteiger partial charge in [0, 0.05) is 33.1 Å². The Bertz CT molecular complexity index is 1010. The van der Waals surface area contributed by atoms with Crippen molar-refractivity contribution in [2.75, 3.05) is 0 Å². The minimum atomic E-state index is -1.28. The highest BCUT2D eigenvalue weighted by molar-refractivity contribution is 14.1. The Labute approximate surface area is 282 Å². The fraction of sp³-hybridized carbons (Fsp3) is 0.697. The Kier molecular flexibility index (Phi) is 18.7. The van der Waals surface area contributed by atoms with Gasteiger partial charge in [0.25, 0.3) is 5.79 Å². The average Bonchev–Trinajstić information content (AvgIpc) is 3.30. The topological polar surface area (TPSA) is 125 Å². The van der Waals surface area contributed by atoms with E-state index in [1.54, 1.807) is 55.4 Å². The SMILES string of the molecule is CCC(=O)OC(C)(C)Cl.CCC(=O)OC(C)(C)I.CCC(=O)OC(C)(C)OC(=O)[C@@H](C)c1ccc(C[C@H]2CCC[C@@H]2O)cc1. The van der Waals surface area contributed by atoms with Gasteiger partial charge in [-0.1, -0.05) is 63.1 Å². The molecule has 1 aliphatic carbocycles. The van der Waals surface area contributed by atoms with Gasteiger partial charge in [0.1, 0.15) is 0 Å². The molecule has 0 aliphatic heterocycles. The number of rotatable bonds is 11. The van der Waals surface area contributed by atoms with Gasteiger partial charge in [-0.15, -0.1) is 0 Å². The summed E-state index contributed by atoms with van der Waals surface area (Å²) in [5.41, 5.74) is 2.01. The lowest BCUT2D eigenvalue weighted by molar-refractivity contribution is -0.217. The number of ether oxygens (including phenoxy) is 4. The Morgan fingerprint density at radius 3 is 1.68 bits per heavy atom. The second kappa shape index (κ2) is 19.6. The van der Waals surface area contributed by atoms with Crippen molar-refractivity contribution in [1.82, 2.24) is 0 Å². The predicted molar refractivity (Wildman–Crippen MR) is 179 cm³/mol. The van der Waals surface area contributed by atoms with Crippen molar-refractivity contribution in [3.63, 3.8) is 0 Å². The second-order valence-electron chi connectivity index (χ2n) is 12.0. The molecule has 1 saturated carbocycles. The molecule has 2 rings (SSSR count). The summed E-state index contributed by atoms with van der Waals surface area (Å²) in [5.74, 6) is -2.66. The van der Waals surface area contributed by atoms with E-state index >= 15 is 0 Å². The van der Waals surface area contributed by atoms with Gasteiger partial charge in [-0.3, -0.25) is 19.2 Å². The van der Waals surface area contributed by atoms with E-state index in [1.807, 2.05) is 38.1 Å².